The van der Waals surface area contributed by atoms with Gasteiger partial charge in [0.25, 0.3) is 0 Å². The Bertz CT molecular complexity index is 508. The molecular formula is C13H18N4. The molecule has 0 bridgehead atoms. The summed E-state index contributed by atoms with van der Waals surface area (Å²) in [6.45, 7) is 5.59. The molecule has 1 aromatic carbocycles. The molecule has 4 nitrogen and oxygen atoms in total. The van der Waals surface area contributed by atoms with E-state index in [0.29, 0.717) is 18.3 Å². The second-order valence-corrected chi connectivity index (χ2v) is 4.48. The molecule has 0 aliphatic heterocycles. The minimum absolute atomic E-state index is 0.362. The van der Waals surface area contributed by atoms with Gasteiger partial charge in [0.2, 0.25) is 0 Å². The molecule has 2 rings (SSSR count). The summed E-state index contributed by atoms with van der Waals surface area (Å²) in [5.41, 5.74) is 6.55. The number of benzene rings is 1. The highest BCUT2D eigenvalue weighted by molar-refractivity contribution is 5.88. The molecule has 0 aliphatic carbocycles. The van der Waals surface area contributed by atoms with Crippen LogP contribution in [0.15, 0.2) is 24.3 Å². The summed E-state index contributed by atoms with van der Waals surface area (Å²) in [6, 6.07) is 7.98. The Balaban J connectivity index is 2.43. The van der Waals surface area contributed by atoms with Gasteiger partial charge in [0, 0.05) is 11.9 Å². The zero-order chi connectivity index (χ0) is 12.3. The van der Waals surface area contributed by atoms with Crippen molar-refractivity contribution in [3.63, 3.8) is 0 Å². The van der Waals surface area contributed by atoms with Crippen molar-refractivity contribution in [1.82, 2.24) is 9.97 Å². The third-order valence-corrected chi connectivity index (χ3v) is 2.51. The van der Waals surface area contributed by atoms with Crippen molar-refractivity contribution >= 4 is 16.7 Å². The lowest BCUT2D eigenvalue weighted by Crippen LogP contribution is -2.12. The molecule has 0 unspecified atom stereocenters. The number of anilines is 1. The first-order valence-electron chi connectivity index (χ1n) is 5.90. The van der Waals surface area contributed by atoms with Gasteiger partial charge in [-0.2, -0.15) is 0 Å². The highest BCUT2D eigenvalue weighted by Gasteiger charge is 2.06. The van der Waals surface area contributed by atoms with Crippen molar-refractivity contribution in [3.05, 3.63) is 30.1 Å². The van der Waals surface area contributed by atoms with Crippen LogP contribution in [-0.2, 0) is 6.54 Å². The molecule has 0 aliphatic rings. The third-order valence-electron chi connectivity index (χ3n) is 2.51. The number of para-hydroxylation sites is 1. The van der Waals surface area contributed by atoms with Gasteiger partial charge in [0.05, 0.1) is 12.1 Å². The van der Waals surface area contributed by atoms with Crippen molar-refractivity contribution in [1.29, 1.82) is 0 Å². The van der Waals surface area contributed by atoms with Crippen molar-refractivity contribution in [2.75, 3.05) is 11.9 Å². The number of rotatable bonds is 4. The van der Waals surface area contributed by atoms with E-state index in [1.54, 1.807) is 0 Å². The molecule has 3 N–H and O–H groups in total. The topological polar surface area (TPSA) is 63.8 Å². The molecular weight excluding hydrogens is 212 g/mol. The van der Waals surface area contributed by atoms with Crippen LogP contribution in [0.1, 0.15) is 19.7 Å². The lowest BCUT2D eigenvalue weighted by Gasteiger charge is -2.11. The molecule has 0 saturated carbocycles. The van der Waals surface area contributed by atoms with E-state index in [2.05, 4.69) is 29.1 Å². The lowest BCUT2D eigenvalue weighted by molar-refractivity contribution is 0.687. The number of nitrogens with one attached hydrogen (secondary N) is 1. The fourth-order valence-electron chi connectivity index (χ4n) is 1.65. The van der Waals surface area contributed by atoms with Crippen LogP contribution in [0.5, 0.6) is 0 Å². The Kier molecular flexibility index (Phi) is 3.54. The zero-order valence-electron chi connectivity index (χ0n) is 10.3. The summed E-state index contributed by atoms with van der Waals surface area (Å²) in [5, 5.41) is 4.40. The number of fused-ring (bicyclic) bond motifs is 1. The van der Waals surface area contributed by atoms with Crippen LogP contribution in [0, 0.1) is 5.92 Å². The molecule has 4 heteroatoms. The standard InChI is InChI=1S/C13H18N4/c1-9(2)8-15-13-10-5-3-4-6-11(10)16-12(7-14)17-13/h3-6,9H,7-8,14H2,1-2H3,(H,15,16,17). The first kappa shape index (κ1) is 11.8. The highest BCUT2D eigenvalue weighted by Crippen LogP contribution is 2.20. The van der Waals surface area contributed by atoms with Gasteiger partial charge in [-0.3, -0.25) is 0 Å². The minimum Gasteiger partial charge on any atom is -0.369 e. The summed E-state index contributed by atoms with van der Waals surface area (Å²) in [7, 11) is 0. The van der Waals surface area contributed by atoms with Crippen LogP contribution in [0.25, 0.3) is 10.9 Å². The summed E-state index contributed by atoms with van der Waals surface area (Å²) in [4.78, 5) is 8.85. The number of hydrogen-bond acceptors (Lipinski definition) is 4. The number of hydrogen-bond donors (Lipinski definition) is 2. The molecule has 0 saturated heterocycles. The quantitative estimate of drug-likeness (QED) is 0.844. The zero-order valence-corrected chi connectivity index (χ0v) is 10.3. The van der Waals surface area contributed by atoms with Crippen LogP contribution >= 0.6 is 0 Å². The highest BCUT2D eigenvalue weighted by atomic mass is 15.0. The molecule has 0 fully saturated rings. The van der Waals surface area contributed by atoms with Gasteiger partial charge in [-0.05, 0) is 18.1 Å². The first-order valence-corrected chi connectivity index (χ1v) is 5.90. The van der Waals surface area contributed by atoms with Gasteiger partial charge >= 0.3 is 0 Å². The van der Waals surface area contributed by atoms with E-state index < -0.39 is 0 Å². The molecule has 17 heavy (non-hydrogen) atoms. The minimum atomic E-state index is 0.362. The Morgan fingerprint density at radius 1 is 1.24 bits per heavy atom. The molecule has 1 heterocycles. The lowest BCUT2D eigenvalue weighted by atomic mass is 10.2. The summed E-state index contributed by atoms with van der Waals surface area (Å²) < 4.78 is 0. The Morgan fingerprint density at radius 2 is 2.00 bits per heavy atom. The van der Waals surface area contributed by atoms with E-state index in [1.807, 2.05) is 24.3 Å². The van der Waals surface area contributed by atoms with E-state index in [1.165, 1.54) is 0 Å². The van der Waals surface area contributed by atoms with Crippen molar-refractivity contribution in [2.24, 2.45) is 11.7 Å². The van der Waals surface area contributed by atoms with Gasteiger partial charge in [0.1, 0.15) is 11.6 Å². The van der Waals surface area contributed by atoms with Gasteiger partial charge in [0.15, 0.2) is 0 Å². The maximum Gasteiger partial charge on any atom is 0.144 e. The smallest absolute Gasteiger partial charge is 0.144 e. The van der Waals surface area contributed by atoms with Crippen LogP contribution in [0.3, 0.4) is 0 Å². The van der Waals surface area contributed by atoms with Crippen molar-refractivity contribution < 1.29 is 0 Å². The van der Waals surface area contributed by atoms with E-state index in [-0.39, 0.29) is 0 Å². The second kappa shape index (κ2) is 5.10. The SMILES string of the molecule is CC(C)CNc1nc(CN)nc2ccccc12. The molecule has 0 spiro atoms. The van der Waals surface area contributed by atoms with Gasteiger partial charge in [-0.1, -0.05) is 26.0 Å². The summed E-state index contributed by atoms with van der Waals surface area (Å²) in [6.07, 6.45) is 0. The average molecular weight is 230 g/mol. The number of nitrogens with two attached hydrogens (primary N) is 1. The van der Waals surface area contributed by atoms with E-state index >= 15 is 0 Å². The van der Waals surface area contributed by atoms with Crippen molar-refractivity contribution in [2.45, 2.75) is 20.4 Å². The van der Waals surface area contributed by atoms with Gasteiger partial charge < -0.3 is 11.1 Å². The number of nitrogens with zero attached hydrogens (tertiary/aromatic N) is 2. The van der Waals surface area contributed by atoms with E-state index in [4.69, 9.17) is 5.73 Å². The molecule has 1 aromatic heterocycles. The molecule has 0 atom stereocenters. The predicted molar refractivity (Wildman–Crippen MR) is 70.8 cm³/mol. The molecule has 0 radical (unpaired) electrons. The van der Waals surface area contributed by atoms with Gasteiger partial charge in [-0.25, -0.2) is 9.97 Å². The van der Waals surface area contributed by atoms with Gasteiger partial charge in [-0.15, -0.1) is 0 Å². The maximum atomic E-state index is 5.61. The Labute approximate surface area is 101 Å². The largest absolute Gasteiger partial charge is 0.369 e. The third kappa shape index (κ3) is 2.71. The van der Waals surface area contributed by atoms with Crippen molar-refractivity contribution in [3.8, 4) is 0 Å². The molecule has 90 valence electrons. The van der Waals surface area contributed by atoms with Crippen LogP contribution < -0.4 is 11.1 Å². The summed E-state index contributed by atoms with van der Waals surface area (Å²) >= 11 is 0. The van der Waals surface area contributed by atoms with Crippen LogP contribution in [-0.4, -0.2) is 16.5 Å². The summed E-state index contributed by atoms with van der Waals surface area (Å²) in [5.74, 6) is 2.13. The maximum absolute atomic E-state index is 5.61. The fourth-order valence-corrected chi connectivity index (χ4v) is 1.65. The Morgan fingerprint density at radius 3 is 2.71 bits per heavy atom. The normalized spacial score (nSPS) is 11.1. The second-order valence-electron chi connectivity index (χ2n) is 4.48. The van der Waals surface area contributed by atoms with Crippen LogP contribution in [0.4, 0.5) is 5.82 Å². The molecule has 2 aromatic rings. The Hall–Kier alpha value is -1.68. The number of aromatic nitrogens is 2. The first-order chi connectivity index (χ1) is 8.20. The predicted octanol–water partition coefficient (Wildman–Crippen LogP) is 2.16. The fraction of sp³-hybridized carbons (Fsp3) is 0.385. The average Bonchev–Trinajstić information content (AvgIpc) is 2.35. The molecule has 0 amide bonds. The van der Waals surface area contributed by atoms with Crippen LogP contribution in [0.2, 0.25) is 0 Å². The van der Waals surface area contributed by atoms with E-state index in [0.717, 1.165) is 23.3 Å². The van der Waals surface area contributed by atoms with E-state index in [9.17, 15) is 0 Å². The monoisotopic (exact) mass is 230 g/mol.